The lowest BCUT2D eigenvalue weighted by molar-refractivity contribution is -0.00530. The first-order valence-electron chi connectivity index (χ1n) is 7.80. The van der Waals surface area contributed by atoms with Crippen LogP contribution in [0.25, 0.3) is 0 Å². The molecule has 1 aromatic carbocycles. The number of ether oxygens (including phenoxy) is 1. The third-order valence-corrected chi connectivity index (χ3v) is 3.88. The highest BCUT2D eigenvalue weighted by atomic mass is 16.5. The van der Waals surface area contributed by atoms with Gasteiger partial charge in [-0.1, -0.05) is 42.7 Å². The molecular weight excluding hydrogens is 250 g/mol. The van der Waals surface area contributed by atoms with Gasteiger partial charge in [-0.2, -0.15) is 0 Å². The Bertz CT molecular complexity index is 388. The maximum absolute atomic E-state index is 9.86. The molecule has 0 aliphatic heterocycles. The van der Waals surface area contributed by atoms with E-state index in [9.17, 15) is 5.11 Å². The van der Waals surface area contributed by atoms with Crippen molar-refractivity contribution < 1.29 is 9.84 Å². The van der Waals surface area contributed by atoms with Gasteiger partial charge in [-0.25, -0.2) is 0 Å². The summed E-state index contributed by atoms with van der Waals surface area (Å²) in [6.07, 6.45) is 5.86. The monoisotopic (exact) mass is 277 g/mol. The molecule has 0 heterocycles. The molecule has 1 aromatic rings. The van der Waals surface area contributed by atoms with Gasteiger partial charge in [0.2, 0.25) is 0 Å². The molecular formula is C17H27NO2. The lowest BCUT2D eigenvalue weighted by Gasteiger charge is -2.16. The number of nitrogens with one attached hydrogen (secondary N) is 1. The molecule has 1 aliphatic rings. The van der Waals surface area contributed by atoms with Crippen molar-refractivity contribution in [3.63, 3.8) is 0 Å². The highest BCUT2D eigenvalue weighted by molar-refractivity contribution is 5.22. The molecule has 0 spiro atoms. The molecule has 1 fully saturated rings. The molecule has 3 nitrogen and oxygen atoms in total. The predicted molar refractivity (Wildman–Crippen MR) is 82.0 cm³/mol. The van der Waals surface area contributed by atoms with E-state index in [4.69, 9.17) is 4.74 Å². The molecule has 1 saturated carbocycles. The molecule has 2 rings (SSSR count). The molecule has 20 heavy (non-hydrogen) atoms. The summed E-state index contributed by atoms with van der Waals surface area (Å²) < 4.78 is 5.71. The fraction of sp³-hybridized carbons (Fsp3) is 0.647. The van der Waals surface area contributed by atoms with E-state index in [1.165, 1.54) is 24.0 Å². The number of hydrogen-bond acceptors (Lipinski definition) is 3. The highest BCUT2D eigenvalue weighted by Gasteiger charge is 2.16. The van der Waals surface area contributed by atoms with Gasteiger partial charge in [0, 0.05) is 6.54 Å². The van der Waals surface area contributed by atoms with Gasteiger partial charge in [-0.05, 0) is 38.3 Å². The van der Waals surface area contributed by atoms with Gasteiger partial charge < -0.3 is 15.2 Å². The second-order valence-corrected chi connectivity index (χ2v) is 5.84. The SMILES string of the molecule is Cc1cccc(CCNCC(O)COC2CCCC2)c1. The largest absolute Gasteiger partial charge is 0.389 e. The molecule has 1 unspecified atom stereocenters. The molecule has 3 heteroatoms. The molecule has 2 N–H and O–H groups in total. The number of aliphatic hydroxyl groups excluding tert-OH is 1. The summed E-state index contributed by atoms with van der Waals surface area (Å²) in [5.41, 5.74) is 2.64. The second kappa shape index (κ2) is 8.40. The van der Waals surface area contributed by atoms with Crippen molar-refractivity contribution in [1.29, 1.82) is 0 Å². The third-order valence-electron chi connectivity index (χ3n) is 3.88. The van der Waals surface area contributed by atoms with Crippen molar-refractivity contribution in [3.8, 4) is 0 Å². The number of hydrogen-bond donors (Lipinski definition) is 2. The summed E-state index contributed by atoms with van der Waals surface area (Å²) in [5.74, 6) is 0. The van der Waals surface area contributed by atoms with Gasteiger partial charge in [0.25, 0.3) is 0 Å². The van der Waals surface area contributed by atoms with Crippen LogP contribution < -0.4 is 5.32 Å². The van der Waals surface area contributed by atoms with Crippen molar-refractivity contribution in [2.24, 2.45) is 0 Å². The molecule has 1 atom stereocenters. The van der Waals surface area contributed by atoms with E-state index in [2.05, 4.69) is 36.5 Å². The van der Waals surface area contributed by atoms with Crippen molar-refractivity contribution in [2.75, 3.05) is 19.7 Å². The Kier molecular flexibility index (Phi) is 6.51. The van der Waals surface area contributed by atoms with E-state index >= 15 is 0 Å². The van der Waals surface area contributed by atoms with E-state index in [0.717, 1.165) is 25.8 Å². The summed E-state index contributed by atoms with van der Waals surface area (Å²) in [6.45, 7) is 4.08. The second-order valence-electron chi connectivity index (χ2n) is 5.84. The summed E-state index contributed by atoms with van der Waals surface area (Å²) in [4.78, 5) is 0. The van der Waals surface area contributed by atoms with Gasteiger partial charge in [-0.3, -0.25) is 0 Å². The first kappa shape index (κ1) is 15.5. The standard InChI is InChI=1S/C17H27NO2/c1-14-5-4-6-15(11-14)9-10-18-12-16(19)13-20-17-7-2-3-8-17/h4-6,11,16-19H,2-3,7-10,12-13H2,1H3. The van der Waals surface area contributed by atoms with Gasteiger partial charge in [0.05, 0.1) is 18.8 Å². The third kappa shape index (κ3) is 5.61. The van der Waals surface area contributed by atoms with E-state index < -0.39 is 6.10 Å². The Morgan fingerprint density at radius 2 is 2.15 bits per heavy atom. The molecule has 0 saturated heterocycles. The van der Waals surface area contributed by atoms with Crippen molar-refractivity contribution in [3.05, 3.63) is 35.4 Å². The van der Waals surface area contributed by atoms with Crippen LogP contribution in [-0.2, 0) is 11.2 Å². The fourth-order valence-corrected chi connectivity index (χ4v) is 2.73. The van der Waals surface area contributed by atoms with Gasteiger partial charge in [-0.15, -0.1) is 0 Å². The van der Waals surface area contributed by atoms with Crippen molar-refractivity contribution in [2.45, 2.75) is 51.2 Å². The highest BCUT2D eigenvalue weighted by Crippen LogP contribution is 2.20. The first-order valence-corrected chi connectivity index (χ1v) is 7.80. The Hall–Kier alpha value is -0.900. The van der Waals surface area contributed by atoms with Crippen LogP contribution in [0.1, 0.15) is 36.8 Å². The lowest BCUT2D eigenvalue weighted by atomic mass is 10.1. The number of aryl methyl sites for hydroxylation is 1. The summed E-state index contributed by atoms with van der Waals surface area (Å²) in [6, 6.07) is 8.56. The Morgan fingerprint density at radius 3 is 2.90 bits per heavy atom. The van der Waals surface area contributed by atoms with Crippen LogP contribution in [-0.4, -0.2) is 37.0 Å². The number of rotatable bonds is 8. The summed E-state index contributed by atoms with van der Waals surface area (Å²) >= 11 is 0. The van der Waals surface area contributed by atoms with Crippen LogP contribution >= 0.6 is 0 Å². The molecule has 112 valence electrons. The van der Waals surface area contributed by atoms with Crippen LogP contribution in [0.2, 0.25) is 0 Å². The first-order chi connectivity index (χ1) is 9.74. The smallest absolute Gasteiger partial charge is 0.0897 e. The maximum Gasteiger partial charge on any atom is 0.0897 e. The average molecular weight is 277 g/mol. The molecule has 0 bridgehead atoms. The topological polar surface area (TPSA) is 41.5 Å². The van der Waals surface area contributed by atoms with Gasteiger partial charge in [0.15, 0.2) is 0 Å². The zero-order valence-corrected chi connectivity index (χ0v) is 12.5. The summed E-state index contributed by atoms with van der Waals surface area (Å²) in [7, 11) is 0. The van der Waals surface area contributed by atoms with Crippen molar-refractivity contribution in [1.82, 2.24) is 5.32 Å². The van der Waals surface area contributed by atoms with Crippen LogP contribution in [0.4, 0.5) is 0 Å². The van der Waals surface area contributed by atoms with Gasteiger partial charge in [0.1, 0.15) is 0 Å². The minimum Gasteiger partial charge on any atom is -0.389 e. The van der Waals surface area contributed by atoms with Crippen LogP contribution in [0, 0.1) is 6.92 Å². The molecule has 0 radical (unpaired) electrons. The van der Waals surface area contributed by atoms with E-state index in [1.807, 2.05) is 0 Å². The van der Waals surface area contributed by atoms with E-state index in [0.29, 0.717) is 19.3 Å². The molecule has 0 amide bonds. The van der Waals surface area contributed by atoms with Crippen LogP contribution in [0.3, 0.4) is 0 Å². The van der Waals surface area contributed by atoms with Gasteiger partial charge >= 0.3 is 0 Å². The van der Waals surface area contributed by atoms with Crippen LogP contribution in [0.5, 0.6) is 0 Å². The quantitative estimate of drug-likeness (QED) is 0.717. The Balaban J connectivity index is 1.53. The van der Waals surface area contributed by atoms with Crippen molar-refractivity contribution >= 4 is 0 Å². The average Bonchev–Trinajstić information content (AvgIpc) is 2.95. The fourth-order valence-electron chi connectivity index (χ4n) is 2.73. The zero-order chi connectivity index (χ0) is 14.2. The Morgan fingerprint density at radius 1 is 1.35 bits per heavy atom. The minimum absolute atomic E-state index is 0.386. The summed E-state index contributed by atoms with van der Waals surface area (Å²) in [5, 5.41) is 13.2. The minimum atomic E-state index is -0.395. The van der Waals surface area contributed by atoms with E-state index in [1.54, 1.807) is 0 Å². The lowest BCUT2D eigenvalue weighted by Crippen LogP contribution is -2.32. The predicted octanol–water partition coefficient (Wildman–Crippen LogP) is 2.45. The molecule has 1 aliphatic carbocycles. The normalized spacial score (nSPS) is 17.5. The maximum atomic E-state index is 9.86. The number of benzene rings is 1. The number of aliphatic hydroxyl groups is 1. The van der Waals surface area contributed by atoms with E-state index in [-0.39, 0.29) is 0 Å². The Labute approximate surface area is 122 Å². The van der Waals surface area contributed by atoms with Crippen LogP contribution in [0.15, 0.2) is 24.3 Å². The molecule has 0 aromatic heterocycles. The zero-order valence-electron chi connectivity index (χ0n) is 12.5.